The third-order valence-electron chi connectivity index (χ3n) is 1.74. The van der Waals surface area contributed by atoms with E-state index in [9.17, 15) is 4.79 Å². The molecular formula is C6H10O4. The van der Waals surface area contributed by atoms with Crippen LogP contribution < -0.4 is 0 Å². The summed E-state index contributed by atoms with van der Waals surface area (Å²) in [6.45, 7) is 1.78. The Labute approximate surface area is 58.4 Å². The maximum Gasteiger partial charge on any atom is 0.311 e. The molecule has 0 aromatic carbocycles. The summed E-state index contributed by atoms with van der Waals surface area (Å²) in [4.78, 5) is 10.4. The first kappa shape index (κ1) is 7.50. The summed E-state index contributed by atoms with van der Waals surface area (Å²) in [5.74, 6) is -1.74. The molecule has 2 N–H and O–H groups in total. The fourth-order valence-corrected chi connectivity index (χ4v) is 1.14. The quantitative estimate of drug-likeness (QED) is 0.521. The molecule has 4 nitrogen and oxygen atoms in total. The van der Waals surface area contributed by atoms with Crippen LogP contribution in [0.3, 0.4) is 0 Å². The van der Waals surface area contributed by atoms with E-state index in [0.29, 0.717) is 0 Å². The van der Waals surface area contributed by atoms with Gasteiger partial charge in [0, 0.05) is 0 Å². The number of aliphatic hydroxyl groups excluding tert-OH is 1. The van der Waals surface area contributed by atoms with Crippen LogP contribution in [0.15, 0.2) is 0 Å². The van der Waals surface area contributed by atoms with Crippen LogP contribution in [0.4, 0.5) is 0 Å². The summed E-state index contributed by atoms with van der Waals surface area (Å²) >= 11 is 0. The third-order valence-corrected chi connectivity index (χ3v) is 1.74. The highest BCUT2D eigenvalue weighted by Crippen LogP contribution is 2.20. The molecule has 0 unspecified atom stereocenters. The van der Waals surface area contributed by atoms with E-state index in [2.05, 4.69) is 0 Å². The van der Waals surface area contributed by atoms with Crippen LogP contribution in [0.2, 0.25) is 0 Å². The van der Waals surface area contributed by atoms with Crippen LogP contribution in [0.25, 0.3) is 0 Å². The van der Waals surface area contributed by atoms with Crippen LogP contribution in [-0.2, 0) is 9.53 Å². The van der Waals surface area contributed by atoms with Gasteiger partial charge < -0.3 is 14.9 Å². The zero-order valence-electron chi connectivity index (χ0n) is 5.65. The fraction of sp³-hybridized carbons (Fsp3) is 0.833. The van der Waals surface area contributed by atoms with Crippen LogP contribution in [0.5, 0.6) is 0 Å². The van der Waals surface area contributed by atoms with Gasteiger partial charge in [-0.15, -0.1) is 0 Å². The lowest BCUT2D eigenvalue weighted by Crippen LogP contribution is -2.30. The summed E-state index contributed by atoms with van der Waals surface area (Å²) in [6.07, 6.45) is -1.21. The molecule has 0 spiro atoms. The highest BCUT2D eigenvalue weighted by atomic mass is 16.5. The van der Waals surface area contributed by atoms with Gasteiger partial charge in [-0.1, -0.05) is 0 Å². The Bertz CT molecular complexity index is 135. The fourth-order valence-electron chi connectivity index (χ4n) is 1.14. The van der Waals surface area contributed by atoms with E-state index in [1.165, 1.54) is 0 Å². The van der Waals surface area contributed by atoms with Gasteiger partial charge >= 0.3 is 5.97 Å². The predicted molar refractivity (Wildman–Crippen MR) is 32.5 cm³/mol. The van der Waals surface area contributed by atoms with Crippen molar-refractivity contribution < 1.29 is 19.7 Å². The molecule has 1 aliphatic rings. The molecule has 0 aromatic rings. The molecule has 58 valence electrons. The van der Waals surface area contributed by atoms with Crippen molar-refractivity contribution in [3.8, 4) is 0 Å². The number of ether oxygens (including phenoxy) is 1. The van der Waals surface area contributed by atoms with E-state index in [1.807, 2.05) is 0 Å². The number of hydrogen-bond acceptors (Lipinski definition) is 3. The average Bonchev–Trinajstić information content (AvgIpc) is 2.11. The summed E-state index contributed by atoms with van der Waals surface area (Å²) in [5.41, 5.74) is 0. The summed E-state index contributed by atoms with van der Waals surface area (Å²) in [5, 5.41) is 17.5. The van der Waals surface area contributed by atoms with E-state index in [4.69, 9.17) is 14.9 Å². The topological polar surface area (TPSA) is 66.8 Å². The molecule has 0 bridgehead atoms. The van der Waals surface area contributed by atoms with E-state index < -0.39 is 18.0 Å². The van der Waals surface area contributed by atoms with Gasteiger partial charge in [0.05, 0.1) is 18.8 Å². The first-order valence-corrected chi connectivity index (χ1v) is 3.15. The number of carbonyl (C=O) groups is 1. The number of aliphatic hydroxyl groups is 1. The van der Waals surface area contributed by atoms with Crippen molar-refractivity contribution in [2.24, 2.45) is 5.92 Å². The summed E-state index contributed by atoms with van der Waals surface area (Å²) < 4.78 is 4.91. The minimum absolute atomic E-state index is 0.137. The lowest BCUT2D eigenvalue weighted by Gasteiger charge is -2.09. The van der Waals surface area contributed by atoms with Crippen molar-refractivity contribution >= 4 is 5.97 Å². The lowest BCUT2D eigenvalue weighted by atomic mass is 10.0. The van der Waals surface area contributed by atoms with Crippen molar-refractivity contribution in [3.05, 3.63) is 0 Å². The van der Waals surface area contributed by atoms with Crippen LogP contribution in [0.1, 0.15) is 6.92 Å². The number of rotatable bonds is 1. The third kappa shape index (κ3) is 1.12. The minimum Gasteiger partial charge on any atom is -0.481 e. The molecule has 1 heterocycles. The Morgan fingerprint density at radius 2 is 2.30 bits per heavy atom. The molecule has 0 radical (unpaired) electrons. The van der Waals surface area contributed by atoms with E-state index in [1.54, 1.807) is 6.92 Å². The molecule has 1 saturated heterocycles. The molecule has 3 atom stereocenters. The second-order valence-electron chi connectivity index (χ2n) is 2.47. The van der Waals surface area contributed by atoms with Gasteiger partial charge in [0.1, 0.15) is 5.92 Å². The first-order valence-electron chi connectivity index (χ1n) is 3.15. The second kappa shape index (κ2) is 2.56. The minimum atomic E-state index is -0.988. The van der Waals surface area contributed by atoms with Crippen LogP contribution in [0, 0.1) is 5.92 Å². The molecule has 1 rings (SSSR count). The zero-order valence-corrected chi connectivity index (χ0v) is 5.65. The number of carboxylic acid groups (broad SMARTS) is 1. The standard InChI is InChI=1S/C6H10O4/c1-3-5(6(8)9)4(7)2-10-3/h3-5,7H,2H2,1H3,(H,8,9)/t3-,4+,5+/m0/s1. The summed E-state index contributed by atoms with van der Waals surface area (Å²) in [7, 11) is 0. The number of carboxylic acids is 1. The Morgan fingerprint density at radius 1 is 1.70 bits per heavy atom. The number of hydrogen-bond donors (Lipinski definition) is 2. The molecular weight excluding hydrogens is 136 g/mol. The summed E-state index contributed by atoms with van der Waals surface area (Å²) in [6, 6.07) is 0. The Balaban J connectivity index is 2.63. The van der Waals surface area contributed by atoms with Crippen molar-refractivity contribution in [2.45, 2.75) is 19.1 Å². The number of aliphatic carboxylic acids is 1. The van der Waals surface area contributed by atoms with Gasteiger partial charge in [0.25, 0.3) is 0 Å². The van der Waals surface area contributed by atoms with Crippen molar-refractivity contribution in [3.63, 3.8) is 0 Å². The molecule has 1 fully saturated rings. The first-order chi connectivity index (χ1) is 4.63. The van der Waals surface area contributed by atoms with Gasteiger partial charge in [-0.25, -0.2) is 0 Å². The second-order valence-corrected chi connectivity index (χ2v) is 2.47. The van der Waals surface area contributed by atoms with E-state index in [0.717, 1.165) is 0 Å². The molecule has 10 heavy (non-hydrogen) atoms. The van der Waals surface area contributed by atoms with Crippen molar-refractivity contribution in [1.29, 1.82) is 0 Å². The van der Waals surface area contributed by atoms with Crippen molar-refractivity contribution in [2.75, 3.05) is 6.61 Å². The maximum atomic E-state index is 10.4. The lowest BCUT2D eigenvalue weighted by molar-refractivity contribution is -0.145. The smallest absolute Gasteiger partial charge is 0.311 e. The molecule has 0 saturated carbocycles. The SMILES string of the molecule is C[C@@H]1OC[C@@H](O)[C@@H]1C(=O)O. The molecule has 0 amide bonds. The molecule has 1 aliphatic heterocycles. The Kier molecular flexibility index (Phi) is 1.92. The Morgan fingerprint density at radius 3 is 2.50 bits per heavy atom. The van der Waals surface area contributed by atoms with E-state index in [-0.39, 0.29) is 12.7 Å². The highest BCUT2D eigenvalue weighted by molar-refractivity contribution is 5.71. The Hall–Kier alpha value is -0.610. The van der Waals surface area contributed by atoms with Gasteiger partial charge in [-0.2, -0.15) is 0 Å². The van der Waals surface area contributed by atoms with Crippen LogP contribution in [-0.4, -0.2) is 35.0 Å². The maximum absolute atomic E-state index is 10.4. The molecule has 4 heteroatoms. The van der Waals surface area contributed by atoms with Gasteiger partial charge in [0.15, 0.2) is 0 Å². The van der Waals surface area contributed by atoms with Gasteiger partial charge in [-0.3, -0.25) is 4.79 Å². The van der Waals surface area contributed by atoms with Gasteiger partial charge in [0.2, 0.25) is 0 Å². The average molecular weight is 146 g/mol. The van der Waals surface area contributed by atoms with Gasteiger partial charge in [-0.05, 0) is 6.92 Å². The zero-order chi connectivity index (χ0) is 7.72. The molecule has 0 aromatic heterocycles. The normalized spacial score (nSPS) is 40.0. The van der Waals surface area contributed by atoms with Crippen LogP contribution >= 0.6 is 0 Å². The predicted octanol–water partition coefficient (Wildman–Crippen LogP) is -0.533. The van der Waals surface area contributed by atoms with Crippen molar-refractivity contribution in [1.82, 2.24) is 0 Å². The monoisotopic (exact) mass is 146 g/mol. The van der Waals surface area contributed by atoms with E-state index >= 15 is 0 Å². The largest absolute Gasteiger partial charge is 0.481 e. The highest BCUT2D eigenvalue weighted by Gasteiger charge is 2.38. The molecule has 0 aliphatic carbocycles.